The summed E-state index contributed by atoms with van der Waals surface area (Å²) in [6, 6.07) is 0. The highest BCUT2D eigenvalue weighted by Crippen LogP contribution is 2.47. The average molecular weight is 206 g/mol. The van der Waals surface area contributed by atoms with Crippen LogP contribution in [0.4, 0.5) is 26.3 Å². The fraction of sp³-hybridized carbons (Fsp3) is 1.00. The highest BCUT2D eigenvalue weighted by Gasteiger charge is 2.51. The third kappa shape index (κ3) is 2.51. The summed E-state index contributed by atoms with van der Waals surface area (Å²) in [5, 5.41) is 0. The van der Waals surface area contributed by atoms with E-state index in [9.17, 15) is 26.3 Å². The maximum absolute atomic E-state index is 12.0. The van der Waals surface area contributed by atoms with E-state index in [4.69, 9.17) is 0 Å². The smallest absolute Gasteiger partial charge is 0.171 e. The van der Waals surface area contributed by atoms with Crippen molar-refractivity contribution in [3.05, 3.63) is 0 Å². The molecule has 0 aliphatic heterocycles. The Balaban J connectivity index is 2.55. The van der Waals surface area contributed by atoms with E-state index >= 15 is 0 Å². The van der Waals surface area contributed by atoms with Crippen LogP contribution in [-0.4, -0.2) is 12.4 Å². The van der Waals surface area contributed by atoms with Crippen LogP contribution in [0.2, 0.25) is 0 Å². The lowest BCUT2D eigenvalue weighted by atomic mass is 10.0. The van der Waals surface area contributed by atoms with Crippen molar-refractivity contribution in [2.24, 2.45) is 11.8 Å². The topological polar surface area (TPSA) is 0 Å². The van der Waals surface area contributed by atoms with E-state index in [1.165, 1.54) is 0 Å². The molecule has 0 aromatic heterocycles. The second-order valence-corrected chi connectivity index (χ2v) is 3.29. The molecule has 1 aliphatic carbocycles. The Morgan fingerprint density at radius 1 is 0.692 bits per heavy atom. The first-order chi connectivity index (χ1) is 5.71. The van der Waals surface area contributed by atoms with Crippen LogP contribution >= 0.6 is 0 Å². The number of hydrogen-bond donors (Lipinski definition) is 0. The number of alkyl halides is 6. The predicted octanol–water partition coefficient (Wildman–Crippen LogP) is 3.53. The molecule has 1 unspecified atom stereocenters. The van der Waals surface area contributed by atoms with Crippen molar-refractivity contribution < 1.29 is 26.3 Å². The molecule has 0 heterocycles. The van der Waals surface area contributed by atoms with Crippen LogP contribution in [-0.2, 0) is 0 Å². The largest absolute Gasteiger partial charge is 0.391 e. The van der Waals surface area contributed by atoms with Gasteiger partial charge in [-0.3, -0.25) is 0 Å². The third-order valence-electron chi connectivity index (χ3n) is 2.36. The molecule has 0 aromatic carbocycles. The second-order valence-electron chi connectivity index (χ2n) is 3.29. The normalized spacial score (nSPS) is 30.9. The number of hydrogen-bond acceptors (Lipinski definition) is 0. The van der Waals surface area contributed by atoms with Gasteiger partial charge in [0.15, 0.2) is 0 Å². The Bertz CT molecular complexity index is 158. The molecule has 2 atom stereocenters. The lowest BCUT2D eigenvalue weighted by Crippen LogP contribution is -2.24. The van der Waals surface area contributed by atoms with Gasteiger partial charge in [-0.2, -0.15) is 26.3 Å². The lowest BCUT2D eigenvalue weighted by molar-refractivity contribution is -0.191. The summed E-state index contributed by atoms with van der Waals surface area (Å²) in [6.45, 7) is 0. The van der Waals surface area contributed by atoms with Gasteiger partial charge in [-0.05, 0) is 19.3 Å². The first-order valence-electron chi connectivity index (χ1n) is 3.84. The minimum absolute atomic E-state index is 0.395. The van der Waals surface area contributed by atoms with Gasteiger partial charge in [-0.1, -0.05) is 0 Å². The van der Waals surface area contributed by atoms with E-state index < -0.39 is 43.5 Å². The van der Waals surface area contributed by atoms with Crippen molar-refractivity contribution in [2.75, 3.05) is 0 Å². The Morgan fingerprint density at radius 3 is 1.15 bits per heavy atom. The molecule has 0 bridgehead atoms. The van der Waals surface area contributed by atoms with Gasteiger partial charge >= 0.3 is 12.4 Å². The molecule has 0 saturated heterocycles. The SMILES string of the molecule is FC(F)(F)C1CC[C@H](C(F)(F)F)C1. The van der Waals surface area contributed by atoms with Gasteiger partial charge in [0.25, 0.3) is 0 Å². The maximum Gasteiger partial charge on any atom is 0.391 e. The van der Waals surface area contributed by atoms with Gasteiger partial charge in [0.2, 0.25) is 0 Å². The van der Waals surface area contributed by atoms with Gasteiger partial charge in [-0.15, -0.1) is 0 Å². The van der Waals surface area contributed by atoms with Crippen molar-refractivity contribution >= 4 is 0 Å². The molecule has 0 nitrogen and oxygen atoms in total. The van der Waals surface area contributed by atoms with Gasteiger partial charge in [0, 0.05) is 0 Å². The zero-order chi connectivity index (χ0) is 10.3. The van der Waals surface area contributed by atoms with Gasteiger partial charge in [0.05, 0.1) is 11.8 Å². The molecule has 0 radical (unpaired) electrons. The van der Waals surface area contributed by atoms with Crippen LogP contribution in [0.3, 0.4) is 0 Å². The van der Waals surface area contributed by atoms with Gasteiger partial charge < -0.3 is 0 Å². The molecule has 1 fully saturated rings. The van der Waals surface area contributed by atoms with E-state index in [2.05, 4.69) is 0 Å². The molecule has 0 spiro atoms. The first kappa shape index (κ1) is 10.7. The van der Waals surface area contributed by atoms with Crippen LogP contribution in [0.5, 0.6) is 0 Å². The summed E-state index contributed by atoms with van der Waals surface area (Å²) >= 11 is 0. The highest BCUT2D eigenvalue weighted by molar-refractivity contribution is 4.83. The molecular formula is C7H8F6. The van der Waals surface area contributed by atoms with Crippen LogP contribution in [0, 0.1) is 11.8 Å². The average Bonchev–Trinajstić information content (AvgIpc) is 2.28. The number of rotatable bonds is 0. The van der Waals surface area contributed by atoms with Crippen molar-refractivity contribution in [1.29, 1.82) is 0 Å². The molecule has 0 N–H and O–H groups in total. The number of halogens is 6. The maximum atomic E-state index is 12.0. The predicted molar refractivity (Wildman–Crippen MR) is 32.9 cm³/mol. The molecular weight excluding hydrogens is 198 g/mol. The standard InChI is InChI=1S/C7H8F6/c8-6(9,10)4-1-2-5(3-4)7(11,12)13/h4-5H,1-3H2/t4-,5?/m0/s1. The Kier molecular flexibility index (Phi) is 2.51. The Morgan fingerprint density at radius 2 is 1.00 bits per heavy atom. The molecule has 0 amide bonds. The minimum atomic E-state index is -4.47. The molecule has 1 aliphatic rings. The minimum Gasteiger partial charge on any atom is -0.171 e. The zero-order valence-corrected chi connectivity index (χ0v) is 6.54. The molecule has 78 valence electrons. The molecule has 1 saturated carbocycles. The summed E-state index contributed by atoms with van der Waals surface area (Å²) < 4.78 is 71.7. The van der Waals surface area contributed by atoms with Crippen molar-refractivity contribution in [3.63, 3.8) is 0 Å². The second kappa shape index (κ2) is 3.06. The van der Waals surface area contributed by atoms with Crippen molar-refractivity contribution in [2.45, 2.75) is 31.6 Å². The zero-order valence-electron chi connectivity index (χ0n) is 6.54. The van der Waals surface area contributed by atoms with E-state index in [1.807, 2.05) is 0 Å². The first-order valence-corrected chi connectivity index (χ1v) is 3.84. The summed E-state index contributed by atoms with van der Waals surface area (Å²) in [4.78, 5) is 0. The van der Waals surface area contributed by atoms with Crippen molar-refractivity contribution in [1.82, 2.24) is 0 Å². The lowest BCUT2D eigenvalue weighted by Gasteiger charge is -2.16. The summed E-state index contributed by atoms with van der Waals surface area (Å²) in [5.74, 6) is -3.53. The van der Waals surface area contributed by atoms with Crippen molar-refractivity contribution in [3.8, 4) is 0 Å². The summed E-state index contributed by atoms with van der Waals surface area (Å²) in [6.07, 6.45) is -10.5. The van der Waals surface area contributed by atoms with E-state index in [0.717, 1.165) is 0 Å². The quantitative estimate of drug-likeness (QED) is 0.532. The van der Waals surface area contributed by atoms with Gasteiger partial charge in [-0.25, -0.2) is 0 Å². The molecule has 0 aromatic rings. The fourth-order valence-electron chi connectivity index (χ4n) is 1.58. The highest BCUT2D eigenvalue weighted by atomic mass is 19.4. The molecule has 6 heteroatoms. The molecule has 1 rings (SSSR count). The van der Waals surface area contributed by atoms with Crippen LogP contribution < -0.4 is 0 Å². The Labute approximate surface area is 70.9 Å². The summed E-state index contributed by atoms with van der Waals surface area (Å²) in [5.41, 5.74) is 0. The summed E-state index contributed by atoms with van der Waals surface area (Å²) in [7, 11) is 0. The molecule has 13 heavy (non-hydrogen) atoms. The van der Waals surface area contributed by atoms with E-state index in [-0.39, 0.29) is 0 Å². The fourth-order valence-corrected chi connectivity index (χ4v) is 1.58. The monoisotopic (exact) mass is 206 g/mol. The van der Waals surface area contributed by atoms with Gasteiger partial charge in [0.1, 0.15) is 0 Å². The van der Waals surface area contributed by atoms with Crippen LogP contribution in [0.25, 0.3) is 0 Å². The Hall–Kier alpha value is -0.420. The third-order valence-corrected chi connectivity index (χ3v) is 2.36. The van der Waals surface area contributed by atoms with Crippen LogP contribution in [0.1, 0.15) is 19.3 Å². The van der Waals surface area contributed by atoms with E-state index in [0.29, 0.717) is 0 Å². The van der Waals surface area contributed by atoms with E-state index in [1.54, 1.807) is 0 Å². The van der Waals surface area contributed by atoms with Crippen LogP contribution in [0.15, 0.2) is 0 Å².